The number of ether oxygens (including phenoxy) is 1. The summed E-state index contributed by atoms with van der Waals surface area (Å²) in [5.41, 5.74) is 6.41. The molecule has 3 rings (SSSR count). The Morgan fingerprint density at radius 1 is 1.25 bits per heavy atom. The van der Waals surface area contributed by atoms with Crippen molar-refractivity contribution >= 4 is 0 Å². The molecule has 0 bridgehead atoms. The second-order valence-corrected chi connectivity index (χ2v) is 5.25. The SMILES string of the molecule is COCc1cc(-c2nc(C3(N)CCCCC3)no2)no1. The number of methoxy groups -OCH3 is 1. The summed E-state index contributed by atoms with van der Waals surface area (Å²) in [6.07, 6.45) is 5.19. The lowest BCUT2D eigenvalue weighted by Crippen LogP contribution is -2.39. The first kappa shape index (κ1) is 13.3. The van der Waals surface area contributed by atoms with E-state index in [1.165, 1.54) is 6.42 Å². The Balaban J connectivity index is 1.81. The summed E-state index contributed by atoms with van der Waals surface area (Å²) in [6, 6.07) is 1.73. The van der Waals surface area contributed by atoms with Gasteiger partial charge in [0.15, 0.2) is 17.3 Å². The minimum atomic E-state index is -0.473. The molecule has 0 aliphatic heterocycles. The van der Waals surface area contributed by atoms with Crippen LogP contribution in [0.5, 0.6) is 0 Å². The summed E-state index contributed by atoms with van der Waals surface area (Å²) >= 11 is 0. The van der Waals surface area contributed by atoms with Crippen LogP contribution in [0.1, 0.15) is 43.7 Å². The van der Waals surface area contributed by atoms with Crippen LogP contribution in [0.3, 0.4) is 0 Å². The number of aromatic nitrogens is 3. The van der Waals surface area contributed by atoms with Crippen molar-refractivity contribution in [3.63, 3.8) is 0 Å². The number of hydrogen-bond donors (Lipinski definition) is 1. The van der Waals surface area contributed by atoms with Crippen LogP contribution in [0, 0.1) is 0 Å². The summed E-state index contributed by atoms with van der Waals surface area (Å²) in [7, 11) is 1.59. The quantitative estimate of drug-likeness (QED) is 0.912. The normalized spacial score (nSPS) is 18.3. The van der Waals surface area contributed by atoms with Crippen molar-refractivity contribution in [1.29, 1.82) is 0 Å². The Labute approximate surface area is 116 Å². The molecule has 108 valence electrons. The zero-order valence-electron chi connectivity index (χ0n) is 11.5. The van der Waals surface area contributed by atoms with E-state index in [0.29, 0.717) is 29.8 Å². The fraction of sp³-hybridized carbons (Fsp3) is 0.615. The Bertz CT molecular complexity index is 572. The number of nitrogens with zero attached hydrogens (tertiary/aromatic N) is 3. The minimum Gasteiger partial charge on any atom is -0.377 e. The molecule has 0 unspecified atom stereocenters. The second-order valence-electron chi connectivity index (χ2n) is 5.25. The predicted molar refractivity (Wildman–Crippen MR) is 69.5 cm³/mol. The molecule has 0 saturated heterocycles. The Morgan fingerprint density at radius 2 is 2.05 bits per heavy atom. The molecule has 0 radical (unpaired) electrons. The van der Waals surface area contributed by atoms with Crippen LogP contribution in [0.2, 0.25) is 0 Å². The lowest BCUT2D eigenvalue weighted by molar-refractivity contribution is 0.156. The highest BCUT2D eigenvalue weighted by Crippen LogP contribution is 2.33. The van der Waals surface area contributed by atoms with E-state index in [-0.39, 0.29) is 0 Å². The van der Waals surface area contributed by atoms with Crippen LogP contribution < -0.4 is 5.73 Å². The summed E-state index contributed by atoms with van der Waals surface area (Å²) in [4.78, 5) is 4.38. The van der Waals surface area contributed by atoms with Gasteiger partial charge < -0.3 is 19.5 Å². The maximum absolute atomic E-state index is 6.38. The van der Waals surface area contributed by atoms with E-state index < -0.39 is 5.54 Å². The molecule has 1 fully saturated rings. The molecule has 1 aliphatic rings. The number of rotatable bonds is 4. The standard InChI is InChI=1S/C13H18N4O3/c1-18-8-9-7-10(16-19-9)11-15-12(17-20-11)13(14)5-3-2-4-6-13/h7H,2-6,8,14H2,1H3. The van der Waals surface area contributed by atoms with Crippen LogP contribution in [0.25, 0.3) is 11.6 Å². The molecule has 20 heavy (non-hydrogen) atoms. The van der Waals surface area contributed by atoms with Crippen LogP contribution in [0.4, 0.5) is 0 Å². The smallest absolute Gasteiger partial charge is 0.280 e. The third-order valence-corrected chi connectivity index (χ3v) is 3.68. The first-order chi connectivity index (χ1) is 9.71. The van der Waals surface area contributed by atoms with Gasteiger partial charge in [-0.15, -0.1) is 0 Å². The van der Waals surface area contributed by atoms with Crippen molar-refractivity contribution < 1.29 is 13.8 Å². The maximum atomic E-state index is 6.38. The number of nitrogens with two attached hydrogens (primary N) is 1. The van der Waals surface area contributed by atoms with Crippen molar-refractivity contribution in [1.82, 2.24) is 15.3 Å². The maximum Gasteiger partial charge on any atom is 0.280 e. The molecular formula is C13H18N4O3. The topological polar surface area (TPSA) is 100 Å². The van der Waals surface area contributed by atoms with E-state index >= 15 is 0 Å². The third-order valence-electron chi connectivity index (χ3n) is 3.68. The fourth-order valence-corrected chi connectivity index (χ4v) is 2.56. The summed E-state index contributed by atoms with van der Waals surface area (Å²) in [5.74, 6) is 1.51. The summed E-state index contributed by atoms with van der Waals surface area (Å²) < 4.78 is 15.3. The van der Waals surface area contributed by atoms with E-state index in [2.05, 4.69) is 15.3 Å². The summed E-state index contributed by atoms with van der Waals surface area (Å²) in [5, 5.41) is 7.91. The Kier molecular flexibility index (Phi) is 3.54. The van der Waals surface area contributed by atoms with E-state index in [1.54, 1.807) is 13.2 Å². The second kappa shape index (κ2) is 5.34. The average Bonchev–Trinajstić information content (AvgIpc) is 3.08. The van der Waals surface area contributed by atoms with Gasteiger partial charge in [-0.3, -0.25) is 0 Å². The van der Waals surface area contributed by atoms with E-state index in [0.717, 1.165) is 25.7 Å². The molecule has 0 spiro atoms. The van der Waals surface area contributed by atoms with Crippen molar-refractivity contribution in [2.45, 2.75) is 44.2 Å². The van der Waals surface area contributed by atoms with E-state index in [1.807, 2.05) is 0 Å². The van der Waals surface area contributed by atoms with Crippen molar-refractivity contribution in [2.75, 3.05) is 7.11 Å². The van der Waals surface area contributed by atoms with Gasteiger partial charge in [0.1, 0.15) is 6.61 Å². The lowest BCUT2D eigenvalue weighted by atomic mass is 9.82. The molecule has 2 aromatic rings. The van der Waals surface area contributed by atoms with Gasteiger partial charge in [0.25, 0.3) is 5.89 Å². The van der Waals surface area contributed by atoms with Crippen LogP contribution in [-0.4, -0.2) is 22.4 Å². The largest absolute Gasteiger partial charge is 0.377 e. The Morgan fingerprint density at radius 3 is 2.80 bits per heavy atom. The Hall–Kier alpha value is -1.73. The zero-order chi connectivity index (χ0) is 14.0. The van der Waals surface area contributed by atoms with Gasteiger partial charge in [0, 0.05) is 13.2 Å². The van der Waals surface area contributed by atoms with Gasteiger partial charge in [-0.05, 0) is 12.8 Å². The predicted octanol–water partition coefficient (Wildman–Crippen LogP) is 1.99. The summed E-state index contributed by atoms with van der Waals surface area (Å²) in [6.45, 7) is 0.356. The van der Waals surface area contributed by atoms with Gasteiger partial charge in [-0.25, -0.2) is 0 Å². The van der Waals surface area contributed by atoms with Gasteiger partial charge in [0.2, 0.25) is 0 Å². The van der Waals surface area contributed by atoms with E-state index in [9.17, 15) is 0 Å². The molecule has 2 aromatic heterocycles. The minimum absolute atomic E-state index is 0.335. The molecule has 7 heteroatoms. The highest BCUT2D eigenvalue weighted by molar-refractivity contribution is 5.45. The number of hydrogen-bond acceptors (Lipinski definition) is 7. The third kappa shape index (κ3) is 2.46. The van der Waals surface area contributed by atoms with Crippen molar-refractivity contribution in [3.05, 3.63) is 17.7 Å². The molecular weight excluding hydrogens is 260 g/mol. The first-order valence-electron chi connectivity index (χ1n) is 6.79. The molecule has 0 aromatic carbocycles. The molecule has 0 amide bonds. The first-order valence-corrected chi connectivity index (χ1v) is 6.79. The van der Waals surface area contributed by atoms with Crippen LogP contribution in [0.15, 0.2) is 15.1 Å². The molecule has 2 N–H and O–H groups in total. The highest BCUT2D eigenvalue weighted by atomic mass is 16.5. The lowest BCUT2D eigenvalue weighted by Gasteiger charge is -2.29. The molecule has 1 saturated carbocycles. The van der Waals surface area contributed by atoms with Crippen molar-refractivity contribution in [3.8, 4) is 11.6 Å². The van der Waals surface area contributed by atoms with Gasteiger partial charge in [-0.2, -0.15) is 4.98 Å². The fourth-order valence-electron chi connectivity index (χ4n) is 2.56. The molecule has 0 atom stereocenters. The van der Waals surface area contributed by atoms with Gasteiger partial charge in [-0.1, -0.05) is 29.6 Å². The van der Waals surface area contributed by atoms with Gasteiger partial charge in [0.05, 0.1) is 5.54 Å². The van der Waals surface area contributed by atoms with Crippen molar-refractivity contribution in [2.24, 2.45) is 5.73 Å². The van der Waals surface area contributed by atoms with Gasteiger partial charge >= 0.3 is 0 Å². The highest BCUT2D eigenvalue weighted by Gasteiger charge is 2.34. The van der Waals surface area contributed by atoms with E-state index in [4.69, 9.17) is 19.5 Å². The molecule has 7 nitrogen and oxygen atoms in total. The van der Waals surface area contributed by atoms with Crippen LogP contribution in [-0.2, 0) is 16.9 Å². The molecule has 1 aliphatic carbocycles. The molecule has 2 heterocycles. The average molecular weight is 278 g/mol. The monoisotopic (exact) mass is 278 g/mol. The zero-order valence-corrected chi connectivity index (χ0v) is 11.5. The van der Waals surface area contributed by atoms with Crippen LogP contribution >= 0.6 is 0 Å².